The molecule has 0 radical (unpaired) electrons. The van der Waals surface area contributed by atoms with Crippen LogP contribution in [0.1, 0.15) is 20.8 Å². The molecule has 5 heteroatoms. The average Bonchev–Trinajstić information content (AvgIpc) is 2.01. The Morgan fingerprint density at radius 1 is 1.47 bits per heavy atom. The van der Waals surface area contributed by atoms with Crippen LogP contribution in [0.4, 0.5) is 4.79 Å². The van der Waals surface area contributed by atoms with E-state index in [1.165, 1.54) is 7.05 Å². The van der Waals surface area contributed by atoms with Crippen molar-refractivity contribution in [1.82, 2.24) is 4.90 Å². The Labute approximate surface area is 89.6 Å². The van der Waals surface area contributed by atoms with Gasteiger partial charge in [0.05, 0.1) is 0 Å². The van der Waals surface area contributed by atoms with Gasteiger partial charge in [-0.2, -0.15) is 0 Å². The smallest absolute Gasteiger partial charge is 0.411 e. The van der Waals surface area contributed by atoms with Gasteiger partial charge in [0.2, 0.25) is 0 Å². The zero-order valence-electron chi connectivity index (χ0n) is 9.40. The van der Waals surface area contributed by atoms with Crippen LogP contribution in [0.25, 0.3) is 0 Å². The van der Waals surface area contributed by atoms with Crippen molar-refractivity contribution in [2.75, 3.05) is 7.05 Å². The van der Waals surface area contributed by atoms with E-state index in [9.17, 15) is 9.59 Å². The number of hydrogen-bond acceptors (Lipinski definition) is 3. The number of likely N-dealkylation sites (N-methyl/N-ethyl adjacent to an activating group) is 1. The van der Waals surface area contributed by atoms with Crippen molar-refractivity contribution in [1.29, 1.82) is 0 Å². The predicted octanol–water partition coefficient (Wildman–Crippen LogP) is 0.340. The third kappa shape index (κ3) is 4.36. The summed E-state index contributed by atoms with van der Waals surface area (Å²) >= 11 is 0. The van der Waals surface area contributed by atoms with Crippen LogP contribution in [0.2, 0.25) is 0 Å². The highest BCUT2D eigenvalue weighted by Crippen LogP contribution is 2.10. The molecule has 15 heavy (non-hydrogen) atoms. The molecule has 0 heterocycles. The number of ether oxygens (including phenoxy) is 1. The molecule has 0 aromatic rings. The van der Waals surface area contributed by atoms with E-state index in [4.69, 9.17) is 16.9 Å². The number of hydrogen-bond donors (Lipinski definition) is 1. The van der Waals surface area contributed by atoms with E-state index in [2.05, 4.69) is 5.92 Å². The van der Waals surface area contributed by atoms with Crippen LogP contribution in [0, 0.1) is 12.3 Å². The first-order valence-corrected chi connectivity index (χ1v) is 4.40. The Kier molecular flexibility index (Phi) is 4.16. The second kappa shape index (κ2) is 4.69. The van der Waals surface area contributed by atoms with Gasteiger partial charge >= 0.3 is 6.09 Å². The van der Waals surface area contributed by atoms with Crippen LogP contribution in [0.15, 0.2) is 0 Å². The molecule has 0 saturated heterocycles. The molecule has 0 fully saturated rings. The van der Waals surface area contributed by atoms with Gasteiger partial charge in [-0.1, -0.05) is 5.92 Å². The maximum atomic E-state index is 11.5. The Balaban J connectivity index is 4.58. The molecule has 0 saturated carbocycles. The second-order valence-corrected chi connectivity index (χ2v) is 4.06. The van der Waals surface area contributed by atoms with E-state index in [0.717, 1.165) is 4.90 Å². The number of terminal acetylenes is 1. The molecule has 0 spiro atoms. The van der Waals surface area contributed by atoms with E-state index in [1.54, 1.807) is 20.8 Å². The molecule has 84 valence electrons. The molecule has 2 amide bonds. The summed E-state index contributed by atoms with van der Waals surface area (Å²) in [5, 5.41) is 0. The van der Waals surface area contributed by atoms with E-state index < -0.39 is 23.6 Å². The molecule has 0 aliphatic heterocycles. The summed E-state index contributed by atoms with van der Waals surface area (Å²) in [7, 11) is 1.36. The van der Waals surface area contributed by atoms with Crippen LogP contribution in [0.3, 0.4) is 0 Å². The topological polar surface area (TPSA) is 72.6 Å². The first kappa shape index (κ1) is 13.3. The van der Waals surface area contributed by atoms with Crippen LogP contribution in [-0.4, -0.2) is 35.6 Å². The van der Waals surface area contributed by atoms with Crippen molar-refractivity contribution in [3.8, 4) is 12.3 Å². The highest BCUT2D eigenvalue weighted by atomic mass is 16.6. The lowest BCUT2D eigenvalue weighted by Crippen LogP contribution is -2.46. The fourth-order valence-electron chi connectivity index (χ4n) is 0.824. The van der Waals surface area contributed by atoms with Gasteiger partial charge in [-0.05, 0) is 20.8 Å². The number of carbonyl (C=O) groups excluding carboxylic acids is 2. The molecule has 0 aromatic heterocycles. The van der Waals surface area contributed by atoms with E-state index >= 15 is 0 Å². The number of nitrogens with zero attached hydrogens (tertiary/aromatic N) is 1. The van der Waals surface area contributed by atoms with E-state index in [0.29, 0.717) is 0 Å². The Hall–Kier alpha value is -1.70. The standard InChI is InChI=1S/C10H16N2O3/c1-6-7(8(11)13)12(5)9(14)15-10(2,3)4/h1,7H,2-5H3,(H2,11,13)/t7-/m0/s1. The van der Waals surface area contributed by atoms with Crippen molar-refractivity contribution in [3.05, 3.63) is 0 Å². The minimum Gasteiger partial charge on any atom is -0.444 e. The molecule has 1 atom stereocenters. The second-order valence-electron chi connectivity index (χ2n) is 4.06. The number of primary amides is 1. The summed E-state index contributed by atoms with van der Waals surface area (Å²) in [6, 6.07) is -1.08. The lowest BCUT2D eigenvalue weighted by Gasteiger charge is -2.26. The van der Waals surface area contributed by atoms with Gasteiger partial charge in [0.1, 0.15) is 5.60 Å². The van der Waals surface area contributed by atoms with E-state index in [-0.39, 0.29) is 0 Å². The van der Waals surface area contributed by atoms with Crippen LogP contribution in [-0.2, 0) is 9.53 Å². The number of nitrogens with two attached hydrogens (primary N) is 1. The summed E-state index contributed by atoms with van der Waals surface area (Å²) in [5.41, 5.74) is 4.38. The molecule has 0 rings (SSSR count). The molecule has 2 N–H and O–H groups in total. The lowest BCUT2D eigenvalue weighted by atomic mass is 10.2. The maximum Gasteiger partial charge on any atom is 0.411 e. The summed E-state index contributed by atoms with van der Waals surface area (Å²) < 4.78 is 5.02. The average molecular weight is 212 g/mol. The Morgan fingerprint density at radius 3 is 2.20 bits per heavy atom. The summed E-state index contributed by atoms with van der Waals surface area (Å²) in [6.45, 7) is 5.15. The molecule has 0 aromatic carbocycles. The van der Waals surface area contributed by atoms with Gasteiger partial charge in [-0.25, -0.2) is 4.79 Å². The lowest BCUT2D eigenvalue weighted by molar-refractivity contribution is -0.121. The van der Waals surface area contributed by atoms with Crippen molar-refractivity contribution >= 4 is 12.0 Å². The minimum atomic E-state index is -1.08. The normalized spacial score (nSPS) is 12.5. The molecule has 0 aliphatic carbocycles. The fraction of sp³-hybridized carbons (Fsp3) is 0.600. The highest BCUT2D eigenvalue weighted by Gasteiger charge is 2.27. The van der Waals surface area contributed by atoms with E-state index in [1.807, 2.05) is 0 Å². The van der Waals surface area contributed by atoms with Crippen molar-refractivity contribution in [2.45, 2.75) is 32.4 Å². The maximum absolute atomic E-state index is 11.5. The van der Waals surface area contributed by atoms with Crippen LogP contribution < -0.4 is 5.73 Å². The third-order valence-electron chi connectivity index (χ3n) is 1.50. The highest BCUT2D eigenvalue weighted by molar-refractivity contribution is 5.87. The van der Waals surface area contributed by atoms with Crippen LogP contribution >= 0.6 is 0 Å². The van der Waals surface area contributed by atoms with Gasteiger partial charge in [0, 0.05) is 7.05 Å². The quantitative estimate of drug-likeness (QED) is 0.671. The Morgan fingerprint density at radius 2 is 1.93 bits per heavy atom. The third-order valence-corrected chi connectivity index (χ3v) is 1.50. The van der Waals surface area contributed by atoms with Gasteiger partial charge < -0.3 is 10.5 Å². The van der Waals surface area contributed by atoms with Gasteiger partial charge in [-0.3, -0.25) is 9.69 Å². The van der Waals surface area contributed by atoms with Gasteiger partial charge in [-0.15, -0.1) is 6.42 Å². The number of amides is 2. The van der Waals surface area contributed by atoms with Gasteiger partial charge in [0.15, 0.2) is 6.04 Å². The largest absolute Gasteiger partial charge is 0.444 e. The first-order valence-electron chi connectivity index (χ1n) is 4.40. The minimum absolute atomic E-state index is 0.637. The summed E-state index contributed by atoms with van der Waals surface area (Å²) in [5.74, 6) is 1.36. The molecular weight excluding hydrogens is 196 g/mol. The predicted molar refractivity (Wildman–Crippen MR) is 55.8 cm³/mol. The van der Waals surface area contributed by atoms with Crippen LogP contribution in [0.5, 0.6) is 0 Å². The fourth-order valence-corrected chi connectivity index (χ4v) is 0.824. The number of rotatable bonds is 2. The molecule has 0 bridgehead atoms. The SMILES string of the molecule is C#C[C@@H](C(N)=O)N(C)C(=O)OC(C)(C)C. The zero-order chi connectivity index (χ0) is 12.2. The van der Waals surface area contributed by atoms with Gasteiger partial charge in [0.25, 0.3) is 5.91 Å². The molecule has 5 nitrogen and oxygen atoms in total. The molecule has 0 aliphatic rings. The molecular formula is C10H16N2O3. The van der Waals surface area contributed by atoms with Crippen molar-refractivity contribution in [3.63, 3.8) is 0 Å². The first-order chi connectivity index (χ1) is 6.69. The summed E-state index contributed by atoms with van der Waals surface area (Å²) in [4.78, 5) is 23.3. The number of carbonyl (C=O) groups is 2. The Bertz CT molecular complexity index is 299. The van der Waals surface area contributed by atoms with Crippen molar-refractivity contribution in [2.24, 2.45) is 5.73 Å². The zero-order valence-corrected chi connectivity index (χ0v) is 9.40. The molecule has 0 unspecified atom stereocenters. The monoisotopic (exact) mass is 212 g/mol. The summed E-state index contributed by atoms with van der Waals surface area (Å²) in [6.07, 6.45) is 4.40. The van der Waals surface area contributed by atoms with Crippen molar-refractivity contribution < 1.29 is 14.3 Å².